The van der Waals surface area contributed by atoms with Crippen LogP contribution in [-0.2, 0) is 19.0 Å². The highest BCUT2D eigenvalue weighted by Gasteiger charge is 2.69. The van der Waals surface area contributed by atoms with Crippen LogP contribution in [0.5, 0.6) is 0 Å². The first-order chi connectivity index (χ1) is 17.5. The molecular weight excluding hydrogens is 462 g/mol. The first-order valence-corrected chi connectivity index (χ1v) is 15.8. The molecule has 4 aliphatic carbocycles. The summed E-state index contributed by atoms with van der Waals surface area (Å²) in [6.45, 7) is 14.8. The molecule has 0 aromatic heterocycles. The van der Waals surface area contributed by atoms with Gasteiger partial charge in [-0.2, -0.15) is 0 Å². The average Bonchev–Trinajstić information content (AvgIpc) is 3.30. The second kappa shape index (κ2) is 9.20. The third kappa shape index (κ3) is 3.98. The Labute approximate surface area is 225 Å². The summed E-state index contributed by atoms with van der Waals surface area (Å²) in [5.41, 5.74) is 6.85. The molecule has 7 unspecified atom stereocenters. The zero-order chi connectivity index (χ0) is 26.3. The number of hydrogen-bond acceptors (Lipinski definition) is 5. The lowest BCUT2D eigenvalue weighted by Crippen LogP contribution is -2.55. The van der Waals surface area contributed by atoms with Crippen LogP contribution < -0.4 is 5.73 Å². The van der Waals surface area contributed by atoms with Crippen molar-refractivity contribution in [3.05, 3.63) is 0 Å². The van der Waals surface area contributed by atoms with E-state index in [4.69, 9.17) is 19.9 Å². The van der Waals surface area contributed by atoms with E-state index in [2.05, 4.69) is 27.7 Å². The van der Waals surface area contributed by atoms with Crippen LogP contribution in [0.4, 0.5) is 0 Å². The van der Waals surface area contributed by atoms with Crippen LogP contribution in [0.15, 0.2) is 0 Å². The van der Waals surface area contributed by atoms with E-state index in [9.17, 15) is 4.79 Å². The molecule has 4 saturated carbocycles. The SMILES string of the molecule is CC(C)C(N)C(=O)O[C@@H]1CC[C@@]2(C)C(CCC3C2CC[C@@]2(C)C3CC3O[C@]4(CC[C@@H](C)CO4)[C@@H](C)C32)C1. The van der Waals surface area contributed by atoms with Gasteiger partial charge in [-0.3, -0.25) is 4.79 Å². The van der Waals surface area contributed by atoms with Gasteiger partial charge in [-0.15, -0.1) is 0 Å². The summed E-state index contributed by atoms with van der Waals surface area (Å²) in [5.74, 6) is 4.44. The van der Waals surface area contributed by atoms with Gasteiger partial charge in [-0.25, -0.2) is 0 Å². The predicted molar refractivity (Wildman–Crippen MR) is 144 cm³/mol. The topological polar surface area (TPSA) is 70.8 Å². The Kier molecular flexibility index (Phi) is 6.60. The molecule has 13 atom stereocenters. The van der Waals surface area contributed by atoms with Crippen molar-refractivity contribution in [2.75, 3.05) is 6.61 Å². The molecule has 0 aromatic rings. The van der Waals surface area contributed by atoms with Crippen molar-refractivity contribution in [2.24, 2.45) is 63.9 Å². The Hall–Kier alpha value is -0.650. The number of carbonyl (C=O) groups excluding carboxylic acids is 1. The molecule has 2 aliphatic heterocycles. The smallest absolute Gasteiger partial charge is 0.323 e. The summed E-state index contributed by atoms with van der Waals surface area (Å²) in [4.78, 5) is 12.6. The van der Waals surface area contributed by atoms with Gasteiger partial charge >= 0.3 is 5.97 Å². The van der Waals surface area contributed by atoms with Crippen LogP contribution in [0.2, 0.25) is 0 Å². The van der Waals surface area contributed by atoms with Gasteiger partial charge in [0.15, 0.2) is 5.79 Å². The summed E-state index contributed by atoms with van der Waals surface area (Å²) in [6.07, 6.45) is 12.5. The molecule has 1 spiro atoms. The van der Waals surface area contributed by atoms with E-state index in [-0.39, 0.29) is 23.8 Å². The Balaban J connectivity index is 1.15. The quantitative estimate of drug-likeness (QED) is 0.445. The van der Waals surface area contributed by atoms with Crippen molar-refractivity contribution < 1.29 is 19.0 Å². The molecule has 0 bridgehead atoms. The number of fused-ring (bicyclic) bond motifs is 7. The highest BCUT2D eigenvalue weighted by atomic mass is 16.7. The lowest BCUT2D eigenvalue weighted by Gasteiger charge is -2.61. The predicted octanol–water partition coefficient (Wildman–Crippen LogP) is 6.33. The molecule has 0 radical (unpaired) electrons. The number of hydrogen-bond donors (Lipinski definition) is 1. The summed E-state index contributed by atoms with van der Waals surface area (Å²) in [7, 11) is 0. The maximum absolute atomic E-state index is 12.6. The number of rotatable bonds is 3. The number of esters is 1. The molecule has 2 saturated heterocycles. The summed E-state index contributed by atoms with van der Waals surface area (Å²) < 4.78 is 19.4. The lowest BCUT2D eigenvalue weighted by atomic mass is 9.44. The van der Waals surface area contributed by atoms with E-state index in [1.165, 1.54) is 44.9 Å². The van der Waals surface area contributed by atoms with Crippen LogP contribution in [0.25, 0.3) is 0 Å². The molecule has 6 fully saturated rings. The number of carbonyl (C=O) groups is 1. The van der Waals surface area contributed by atoms with Gasteiger partial charge in [0.05, 0.1) is 12.7 Å². The normalized spacial score (nSPS) is 53.8. The fraction of sp³-hybridized carbons (Fsp3) is 0.969. The maximum atomic E-state index is 12.6. The molecule has 0 amide bonds. The van der Waals surface area contributed by atoms with E-state index in [0.29, 0.717) is 40.6 Å². The second-order valence-corrected chi connectivity index (χ2v) is 15.3. The first kappa shape index (κ1) is 26.6. The summed E-state index contributed by atoms with van der Waals surface area (Å²) >= 11 is 0. The Bertz CT molecular complexity index is 882. The molecule has 5 heteroatoms. The molecule has 0 aromatic carbocycles. The van der Waals surface area contributed by atoms with Gasteiger partial charge in [0.2, 0.25) is 0 Å². The minimum absolute atomic E-state index is 0.0512. The van der Waals surface area contributed by atoms with Crippen LogP contribution in [-0.4, -0.2) is 36.6 Å². The van der Waals surface area contributed by atoms with E-state index in [1.807, 2.05) is 13.8 Å². The van der Waals surface area contributed by atoms with Gasteiger partial charge in [0.1, 0.15) is 12.1 Å². The van der Waals surface area contributed by atoms with Gasteiger partial charge < -0.3 is 19.9 Å². The zero-order valence-corrected chi connectivity index (χ0v) is 24.3. The average molecular weight is 516 g/mol. The molecule has 5 nitrogen and oxygen atoms in total. The molecule has 6 aliphatic rings. The third-order valence-electron chi connectivity index (χ3n) is 13.2. The second-order valence-electron chi connectivity index (χ2n) is 15.3. The van der Waals surface area contributed by atoms with Gasteiger partial charge in [-0.05, 0) is 110 Å². The van der Waals surface area contributed by atoms with E-state index in [1.54, 1.807) is 0 Å². The van der Waals surface area contributed by atoms with Gasteiger partial charge in [0.25, 0.3) is 0 Å². The third-order valence-corrected chi connectivity index (χ3v) is 13.2. The monoisotopic (exact) mass is 515 g/mol. The van der Waals surface area contributed by atoms with E-state index in [0.717, 1.165) is 43.6 Å². The van der Waals surface area contributed by atoms with Crippen molar-refractivity contribution in [2.45, 2.75) is 130 Å². The minimum atomic E-state index is -0.506. The fourth-order valence-electron chi connectivity index (χ4n) is 10.9. The molecule has 37 heavy (non-hydrogen) atoms. The van der Waals surface area contributed by atoms with Crippen LogP contribution in [0.3, 0.4) is 0 Å². The standard InChI is InChI=1S/C32H53NO4/c1-18(2)28(33)29(34)36-22-10-12-30(5)21(15-22)7-8-23-24(30)11-13-31(6)25(23)16-26-27(31)20(4)32(37-26)14-9-19(3)17-35-32/h18-28H,7-17,33H2,1-6H3/t19-,20+,21?,22-,23?,24?,25?,26?,27?,28?,30+,31+,32-/m1/s1. The summed E-state index contributed by atoms with van der Waals surface area (Å²) in [6, 6.07) is -0.506. The summed E-state index contributed by atoms with van der Waals surface area (Å²) in [5, 5.41) is 0. The van der Waals surface area contributed by atoms with E-state index < -0.39 is 6.04 Å². The Morgan fingerprint density at radius 1 is 0.946 bits per heavy atom. The van der Waals surface area contributed by atoms with Crippen molar-refractivity contribution in [1.29, 1.82) is 0 Å². The molecule has 2 heterocycles. The van der Waals surface area contributed by atoms with Crippen LogP contribution in [0.1, 0.15) is 106 Å². The highest BCUT2D eigenvalue weighted by molar-refractivity contribution is 5.75. The first-order valence-electron chi connectivity index (χ1n) is 15.8. The molecule has 210 valence electrons. The lowest BCUT2D eigenvalue weighted by molar-refractivity contribution is -0.273. The largest absolute Gasteiger partial charge is 0.461 e. The van der Waals surface area contributed by atoms with Gasteiger partial charge in [-0.1, -0.05) is 41.5 Å². The van der Waals surface area contributed by atoms with Crippen molar-refractivity contribution in [3.8, 4) is 0 Å². The maximum Gasteiger partial charge on any atom is 0.323 e. The Morgan fingerprint density at radius 3 is 2.41 bits per heavy atom. The number of nitrogens with two attached hydrogens (primary N) is 1. The van der Waals surface area contributed by atoms with E-state index >= 15 is 0 Å². The van der Waals surface area contributed by atoms with Crippen molar-refractivity contribution in [1.82, 2.24) is 0 Å². The minimum Gasteiger partial charge on any atom is -0.461 e. The van der Waals surface area contributed by atoms with Crippen molar-refractivity contribution >= 4 is 5.97 Å². The van der Waals surface area contributed by atoms with Crippen molar-refractivity contribution in [3.63, 3.8) is 0 Å². The fourth-order valence-corrected chi connectivity index (χ4v) is 10.9. The van der Waals surface area contributed by atoms with Gasteiger partial charge in [0, 0.05) is 12.3 Å². The molecular formula is C32H53NO4. The van der Waals surface area contributed by atoms with Crippen LogP contribution in [0, 0.1) is 58.2 Å². The van der Waals surface area contributed by atoms with Crippen LogP contribution >= 0.6 is 0 Å². The Morgan fingerprint density at radius 2 is 1.70 bits per heavy atom. The number of ether oxygens (including phenoxy) is 3. The molecule has 6 rings (SSSR count). The highest BCUT2D eigenvalue weighted by Crippen LogP contribution is 2.71. The zero-order valence-electron chi connectivity index (χ0n) is 24.3. The molecule has 2 N–H and O–H groups in total.